The first-order valence-corrected chi connectivity index (χ1v) is 7.89. The van der Waals surface area contributed by atoms with Gasteiger partial charge in [-0.15, -0.1) is 0 Å². The average Bonchev–Trinajstić information content (AvgIpc) is 2.58. The zero-order valence-electron chi connectivity index (χ0n) is 12.8. The second kappa shape index (κ2) is 5.56. The van der Waals surface area contributed by atoms with Crippen LogP contribution in [0.3, 0.4) is 0 Å². The van der Waals surface area contributed by atoms with Gasteiger partial charge in [-0.3, -0.25) is 0 Å². The smallest absolute Gasteiger partial charge is 0.127 e. The Morgan fingerprint density at radius 1 is 0.913 bits per heavy atom. The van der Waals surface area contributed by atoms with Crippen molar-refractivity contribution in [3.8, 4) is 17.0 Å². The van der Waals surface area contributed by atoms with Crippen molar-refractivity contribution >= 4 is 16.6 Å². The highest BCUT2D eigenvalue weighted by molar-refractivity contribution is 5.99. The summed E-state index contributed by atoms with van der Waals surface area (Å²) in [4.78, 5) is 4.44. The summed E-state index contributed by atoms with van der Waals surface area (Å²) in [5.74, 6) is 1.40. The summed E-state index contributed by atoms with van der Waals surface area (Å²) in [7, 11) is 0. The van der Waals surface area contributed by atoms with Crippen LogP contribution in [0.1, 0.15) is 12.8 Å². The fourth-order valence-corrected chi connectivity index (χ4v) is 3.00. The molecule has 116 valence electrons. The van der Waals surface area contributed by atoms with Gasteiger partial charge in [0.2, 0.25) is 0 Å². The maximum absolute atomic E-state index is 6.12. The number of nitrogen functional groups attached to an aromatic ring is 1. The van der Waals surface area contributed by atoms with Crippen molar-refractivity contribution in [2.75, 3.05) is 5.73 Å². The Balaban J connectivity index is 1.82. The second-order valence-electron chi connectivity index (χ2n) is 6.00. The third kappa shape index (κ3) is 2.51. The van der Waals surface area contributed by atoms with Crippen molar-refractivity contribution in [3.05, 3.63) is 54.6 Å². The van der Waals surface area contributed by atoms with E-state index >= 15 is 0 Å². The Labute approximate surface area is 135 Å². The van der Waals surface area contributed by atoms with E-state index in [4.69, 9.17) is 16.2 Å². The van der Waals surface area contributed by atoms with Crippen molar-refractivity contribution < 1.29 is 4.74 Å². The van der Waals surface area contributed by atoms with E-state index in [1.807, 2.05) is 36.4 Å². The van der Waals surface area contributed by atoms with Gasteiger partial charge in [0.25, 0.3) is 0 Å². The molecule has 1 saturated carbocycles. The molecule has 4 N–H and O–H groups in total. The third-order valence-corrected chi connectivity index (χ3v) is 4.47. The van der Waals surface area contributed by atoms with Gasteiger partial charge in [-0.1, -0.05) is 30.3 Å². The predicted molar refractivity (Wildman–Crippen MR) is 93.2 cm³/mol. The molecule has 23 heavy (non-hydrogen) atoms. The number of hydrogen-bond donors (Lipinski definition) is 2. The van der Waals surface area contributed by atoms with Gasteiger partial charge in [0.1, 0.15) is 17.7 Å². The number of nitrogens with two attached hydrogens (primary N) is 2. The minimum atomic E-state index is 0.120. The molecule has 1 fully saturated rings. The molecule has 2 atom stereocenters. The fourth-order valence-electron chi connectivity index (χ4n) is 3.00. The van der Waals surface area contributed by atoms with Crippen LogP contribution >= 0.6 is 0 Å². The van der Waals surface area contributed by atoms with Gasteiger partial charge in [-0.25, -0.2) is 4.98 Å². The van der Waals surface area contributed by atoms with Crippen LogP contribution in [0.25, 0.3) is 22.0 Å². The first-order chi connectivity index (χ1) is 11.2. The molecule has 4 rings (SSSR count). The Hall–Kier alpha value is -2.59. The Morgan fingerprint density at radius 3 is 2.43 bits per heavy atom. The van der Waals surface area contributed by atoms with Crippen LogP contribution < -0.4 is 16.2 Å². The van der Waals surface area contributed by atoms with Gasteiger partial charge in [-0.2, -0.15) is 0 Å². The van der Waals surface area contributed by atoms with E-state index in [9.17, 15) is 0 Å². The van der Waals surface area contributed by atoms with Crippen LogP contribution in [-0.4, -0.2) is 17.1 Å². The largest absolute Gasteiger partial charge is 0.488 e. The van der Waals surface area contributed by atoms with E-state index in [0.29, 0.717) is 5.82 Å². The van der Waals surface area contributed by atoms with Crippen LogP contribution in [0.4, 0.5) is 5.82 Å². The summed E-state index contributed by atoms with van der Waals surface area (Å²) in [6.45, 7) is 0. The second-order valence-corrected chi connectivity index (χ2v) is 6.00. The summed E-state index contributed by atoms with van der Waals surface area (Å²) in [5.41, 5.74) is 13.8. The lowest BCUT2D eigenvalue weighted by atomic mass is 9.90. The van der Waals surface area contributed by atoms with Gasteiger partial charge in [0, 0.05) is 17.0 Å². The van der Waals surface area contributed by atoms with Crippen LogP contribution in [-0.2, 0) is 0 Å². The number of ether oxygens (including phenoxy) is 1. The summed E-state index contributed by atoms with van der Waals surface area (Å²) >= 11 is 0. The molecule has 1 heterocycles. The van der Waals surface area contributed by atoms with E-state index in [1.54, 1.807) is 6.07 Å². The molecule has 1 aromatic heterocycles. The van der Waals surface area contributed by atoms with Gasteiger partial charge >= 0.3 is 0 Å². The normalized spacial score (nSPS) is 20.2. The molecule has 0 saturated heterocycles. The lowest BCUT2D eigenvalue weighted by molar-refractivity contribution is 0.0949. The van der Waals surface area contributed by atoms with Crippen molar-refractivity contribution in [1.82, 2.24) is 4.98 Å². The maximum Gasteiger partial charge on any atom is 0.127 e. The first-order valence-electron chi connectivity index (χ1n) is 7.89. The highest BCUT2D eigenvalue weighted by Gasteiger charge is 2.29. The molecule has 0 bridgehead atoms. The number of benzene rings is 2. The molecule has 2 aromatic carbocycles. The number of anilines is 1. The summed E-state index contributed by atoms with van der Waals surface area (Å²) < 4.78 is 6.12. The number of nitrogens with zero attached hydrogens (tertiary/aromatic N) is 1. The highest BCUT2D eigenvalue weighted by Crippen LogP contribution is 2.36. The topological polar surface area (TPSA) is 74.2 Å². The zero-order chi connectivity index (χ0) is 15.8. The van der Waals surface area contributed by atoms with Gasteiger partial charge in [-0.05, 0) is 42.5 Å². The number of rotatable bonds is 3. The van der Waals surface area contributed by atoms with Crippen LogP contribution in [0.5, 0.6) is 5.75 Å². The minimum absolute atomic E-state index is 0.120. The molecule has 1 aliphatic rings. The molecule has 3 aromatic rings. The standard InChI is InChI=1S/C19H19N3O/c20-15-9-11-18(15)23-17-10-8-13(12-4-1-2-5-14(12)17)16-6-3-7-19(21)22-16/h1-8,10,15,18H,9,11,20H2,(H2,21,22). The molecule has 0 radical (unpaired) electrons. The monoisotopic (exact) mass is 305 g/mol. The lowest BCUT2D eigenvalue weighted by Crippen LogP contribution is -2.47. The number of hydrogen-bond acceptors (Lipinski definition) is 4. The number of aromatic nitrogens is 1. The van der Waals surface area contributed by atoms with Gasteiger partial charge in [0.15, 0.2) is 0 Å². The molecule has 4 nitrogen and oxygen atoms in total. The van der Waals surface area contributed by atoms with E-state index in [2.05, 4.69) is 17.1 Å². The number of pyridine rings is 1. The Kier molecular flexibility index (Phi) is 3.39. The van der Waals surface area contributed by atoms with E-state index in [0.717, 1.165) is 40.6 Å². The third-order valence-electron chi connectivity index (χ3n) is 4.47. The summed E-state index contributed by atoms with van der Waals surface area (Å²) in [5, 5.41) is 2.18. The van der Waals surface area contributed by atoms with Crippen molar-refractivity contribution in [1.29, 1.82) is 0 Å². The Morgan fingerprint density at radius 2 is 1.74 bits per heavy atom. The molecule has 4 heteroatoms. The maximum atomic E-state index is 6.12. The fraction of sp³-hybridized carbons (Fsp3) is 0.211. The molecular weight excluding hydrogens is 286 g/mol. The van der Waals surface area contributed by atoms with Gasteiger partial charge < -0.3 is 16.2 Å². The SMILES string of the molecule is Nc1cccc(-c2ccc(OC3CCC3N)c3ccccc23)n1. The molecule has 0 spiro atoms. The molecular formula is C19H19N3O. The van der Waals surface area contributed by atoms with Crippen LogP contribution in [0.15, 0.2) is 54.6 Å². The number of fused-ring (bicyclic) bond motifs is 1. The lowest BCUT2D eigenvalue weighted by Gasteiger charge is -2.34. The average molecular weight is 305 g/mol. The van der Waals surface area contributed by atoms with E-state index in [1.165, 1.54) is 0 Å². The minimum Gasteiger partial charge on any atom is -0.488 e. The summed E-state index contributed by atoms with van der Waals surface area (Å²) in [6.07, 6.45) is 2.18. The first kappa shape index (κ1) is 14.0. The quantitative estimate of drug-likeness (QED) is 0.778. The van der Waals surface area contributed by atoms with Crippen LogP contribution in [0, 0.1) is 0 Å². The van der Waals surface area contributed by atoms with Crippen LogP contribution in [0.2, 0.25) is 0 Å². The highest BCUT2D eigenvalue weighted by atomic mass is 16.5. The molecule has 2 unspecified atom stereocenters. The van der Waals surface area contributed by atoms with Crippen molar-refractivity contribution in [3.63, 3.8) is 0 Å². The zero-order valence-corrected chi connectivity index (χ0v) is 12.8. The van der Waals surface area contributed by atoms with E-state index in [-0.39, 0.29) is 12.1 Å². The summed E-state index contributed by atoms with van der Waals surface area (Å²) in [6, 6.07) is 18.1. The van der Waals surface area contributed by atoms with Gasteiger partial charge in [0.05, 0.1) is 5.69 Å². The van der Waals surface area contributed by atoms with Crippen molar-refractivity contribution in [2.24, 2.45) is 5.73 Å². The molecule has 1 aliphatic carbocycles. The molecule has 0 amide bonds. The molecule has 0 aliphatic heterocycles. The predicted octanol–water partition coefficient (Wildman–Crippen LogP) is 3.35. The Bertz CT molecular complexity index is 862. The van der Waals surface area contributed by atoms with E-state index < -0.39 is 0 Å². The van der Waals surface area contributed by atoms with Crippen molar-refractivity contribution in [2.45, 2.75) is 25.0 Å².